The van der Waals surface area contributed by atoms with Gasteiger partial charge in [-0.2, -0.15) is 0 Å². The minimum absolute atomic E-state index is 0.0235. The van der Waals surface area contributed by atoms with Gasteiger partial charge in [0.15, 0.2) is 11.5 Å². The molecule has 8 atom stereocenters. The fourth-order valence-corrected chi connectivity index (χ4v) is 6.87. The van der Waals surface area contributed by atoms with Crippen LogP contribution in [0.1, 0.15) is 39.5 Å². The third-order valence-corrected chi connectivity index (χ3v) is 8.42. The highest BCUT2D eigenvalue weighted by molar-refractivity contribution is 6.05. The van der Waals surface area contributed by atoms with Crippen molar-refractivity contribution in [1.29, 1.82) is 0 Å². The SMILES string of the molecule is CN=C1C=C[C@@]2(C)C(=C1)CC[C@H]1[C@@H]3C[C@@H](C)[C@](O)(C(=O)CO)C3C[C@H](O)[C@@]12F. The summed E-state index contributed by atoms with van der Waals surface area (Å²) in [4.78, 5) is 16.6. The quantitative estimate of drug-likeness (QED) is 0.672. The summed E-state index contributed by atoms with van der Waals surface area (Å²) in [5.74, 6) is -2.16. The van der Waals surface area contributed by atoms with Crippen LogP contribution in [-0.4, -0.2) is 57.8 Å². The first-order chi connectivity index (χ1) is 13.1. The Morgan fingerprint density at radius 1 is 1.36 bits per heavy atom. The lowest BCUT2D eigenvalue weighted by Crippen LogP contribution is -2.66. The lowest BCUT2D eigenvalue weighted by Gasteiger charge is -2.59. The zero-order valence-corrected chi connectivity index (χ0v) is 16.7. The van der Waals surface area contributed by atoms with E-state index in [9.17, 15) is 20.1 Å². The number of aliphatic hydroxyl groups excluding tert-OH is 2. The third-order valence-electron chi connectivity index (χ3n) is 8.42. The first kappa shape index (κ1) is 19.9. The van der Waals surface area contributed by atoms with Crippen molar-refractivity contribution < 1.29 is 24.5 Å². The molecule has 3 fully saturated rings. The van der Waals surface area contributed by atoms with Gasteiger partial charge in [-0.25, -0.2) is 4.39 Å². The Morgan fingerprint density at radius 2 is 2.07 bits per heavy atom. The van der Waals surface area contributed by atoms with E-state index in [2.05, 4.69) is 4.99 Å². The maximum atomic E-state index is 16.9. The average Bonchev–Trinajstić information content (AvgIpc) is 2.93. The number of alkyl halides is 1. The normalized spacial score (nSPS) is 51.3. The second-order valence-corrected chi connectivity index (χ2v) is 9.33. The van der Waals surface area contributed by atoms with Crippen LogP contribution in [-0.2, 0) is 4.79 Å². The van der Waals surface area contributed by atoms with Crippen LogP contribution in [0.2, 0.25) is 0 Å². The summed E-state index contributed by atoms with van der Waals surface area (Å²) < 4.78 is 16.9. The van der Waals surface area contributed by atoms with E-state index >= 15 is 4.39 Å². The zero-order valence-electron chi connectivity index (χ0n) is 16.7. The Bertz CT molecular complexity index is 791. The fraction of sp³-hybridized carbons (Fsp3) is 0.727. The summed E-state index contributed by atoms with van der Waals surface area (Å²) in [5, 5.41) is 31.6. The van der Waals surface area contributed by atoms with Gasteiger partial charge >= 0.3 is 0 Å². The molecule has 4 aliphatic rings. The molecule has 0 saturated heterocycles. The van der Waals surface area contributed by atoms with E-state index in [0.29, 0.717) is 19.3 Å². The molecule has 0 radical (unpaired) electrons. The van der Waals surface area contributed by atoms with Gasteiger partial charge < -0.3 is 15.3 Å². The number of carbonyl (C=O) groups excluding carboxylic acids is 1. The molecule has 0 amide bonds. The summed E-state index contributed by atoms with van der Waals surface area (Å²) >= 11 is 0. The van der Waals surface area contributed by atoms with Crippen molar-refractivity contribution >= 4 is 11.5 Å². The van der Waals surface area contributed by atoms with Gasteiger partial charge in [-0.15, -0.1) is 0 Å². The molecule has 0 spiro atoms. The number of Topliss-reactive ketones (excluding diaryl/α,β-unsaturated/α-hetero) is 1. The highest BCUT2D eigenvalue weighted by Gasteiger charge is 2.71. The molecule has 3 saturated carbocycles. The van der Waals surface area contributed by atoms with Gasteiger partial charge in [0.2, 0.25) is 0 Å². The van der Waals surface area contributed by atoms with Gasteiger partial charge in [0.1, 0.15) is 12.2 Å². The van der Waals surface area contributed by atoms with Crippen LogP contribution < -0.4 is 0 Å². The largest absolute Gasteiger partial charge is 0.390 e. The van der Waals surface area contributed by atoms with Gasteiger partial charge in [-0.05, 0) is 56.6 Å². The summed E-state index contributed by atoms with van der Waals surface area (Å²) in [6.07, 6.45) is 6.11. The fourth-order valence-electron chi connectivity index (χ4n) is 6.87. The summed E-state index contributed by atoms with van der Waals surface area (Å²) in [5.41, 5.74) is -2.74. The van der Waals surface area contributed by atoms with E-state index in [-0.39, 0.29) is 18.3 Å². The van der Waals surface area contributed by atoms with Gasteiger partial charge in [-0.3, -0.25) is 9.79 Å². The number of carbonyl (C=O) groups is 1. The highest BCUT2D eigenvalue weighted by atomic mass is 19.1. The molecular formula is C22H30FNO4. The average molecular weight is 391 g/mol. The van der Waals surface area contributed by atoms with Crippen LogP contribution in [0.4, 0.5) is 4.39 Å². The monoisotopic (exact) mass is 391 g/mol. The molecule has 0 aromatic rings. The molecule has 154 valence electrons. The smallest absolute Gasteiger partial charge is 0.190 e. The molecule has 3 N–H and O–H groups in total. The predicted molar refractivity (Wildman–Crippen MR) is 104 cm³/mol. The Hall–Kier alpha value is -1.37. The van der Waals surface area contributed by atoms with Crippen molar-refractivity contribution in [1.82, 2.24) is 0 Å². The van der Waals surface area contributed by atoms with E-state index in [4.69, 9.17) is 0 Å². The topological polar surface area (TPSA) is 90.1 Å². The maximum absolute atomic E-state index is 16.9. The molecule has 1 unspecified atom stereocenters. The minimum atomic E-state index is -1.86. The van der Waals surface area contributed by atoms with E-state index in [1.54, 1.807) is 14.0 Å². The van der Waals surface area contributed by atoms with E-state index in [1.807, 2.05) is 25.2 Å². The number of fused-ring (bicyclic) bond motifs is 5. The molecule has 0 aromatic heterocycles. The first-order valence-corrected chi connectivity index (χ1v) is 10.2. The number of rotatable bonds is 2. The molecule has 5 nitrogen and oxygen atoms in total. The highest BCUT2D eigenvalue weighted by Crippen LogP contribution is 2.66. The van der Waals surface area contributed by atoms with Crippen LogP contribution in [0.25, 0.3) is 0 Å². The molecule has 28 heavy (non-hydrogen) atoms. The van der Waals surface area contributed by atoms with Crippen molar-refractivity contribution in [2.45, 2.75) is 56.9 Å². The second kappa shape index (κ2) is 6.31. The molecule has 0 aromatic carbocycles. The van der Waals surface area contributed by atoms with Crippen LogP contribution in [0, 0.1) is 29.1 Å². The molecule has 4 aliphatic carbocycles. The number of hydrogen-bond donors (Lipinski definition) is 3. The van der Waals surface area contributed by atoms with Crippen molar-refractivity contribution in [3.05, 3.63) is 23.8 Å². The number of ketones is 1. The third kappa shape index (κ3) is 2.22. The Labute approximate surface area is 165 Å². The molecular weight excluding hydrogens is 361 g/mol. The zero-order chi connectivity index (χ0) is 20.5. The van der Waals surface area contributed by atoms with Gasteiger partial charge in [-0.1, -0.05) is 18.6 Å². The predicted octanol–water partition coefficient (Wildman–Crippen LogP) is 2.01. The van der Waals surface area contributed by atoms with Crippen molar-refractivity contribution in [3.8, 4) is 0 Å². The van der Waals surface area contributed by atoms with E-state index in [0.717, 1.165) is 11.3 Å². The summed E-state index contributed by atoms with van der Waals surface area (Å²) in [6, 6.07) is 0. The van der Waals surface area contributed by atoms with Crippen LogP contribution in [0.3, 0.4) is 0 Å². The molecule has 6 heteroatoms. The molecule has 4 rings (SSSR count). The van der Waals surface area contributed by atoms with Crippen molar-refractivity contribution in [2.24, 2.45) is 34.1 Å². The van der Waals surface area contributed by atoms with Crippen LogP contribution in [0.5, 0.6) is 0 Å². The van der Waals surface area contributed by atoms with E-state index in [1.165, 1.54) is 0 Å². The van der Waals surface area contributed by atoms with Gasteiger partial charge in [0, 0.05) is 24.3 Å². The summed E-state index contributed by atoms with van der Waals surface area (Å²) in [6.45, 7) is 2.90. The first-order valence-electron chi connectivity index (χ1n) is 10.2. The standard InChI is InChI=1S/C22H30FNO4/c1-12-8-15-16-5-4-13-9-14(24-3)6-7-20(13,2)22(16,23)18(26)10-17(15)21(12,28)19(27)11-25/h6-7,9,12,15-18,25-26,28H,4-5,8,10-11H2,1-3H3/t12-,15+,16+,17?,18+,20+,21-,22+/m1/s1. The minimum Gasteiger partial charge on any atom is -0.390 e. The van der Waals surface area contributed by atoms with Crippen molar-refractivity contribution in [2.75, 3.05) is 13.7 Å². The Morgan fingerprint density at radius 3 is 2.71 bits per heavy atom. The van der Waals surface area contributed by atoms with Gasteiger partial charge in [0.25, 0.3) is 0 Å². The maximum Gasteiger partial charge on any atom is 0.190 e. The Kier molecular flexibility index (Phi) is 4.49. The molecule has 0 heterocycles. The number of hydrogen-bond acceptors (Lipinski definition) is 5. The Balaban J connectivity index is 1.78. The number of nitrogens with zero attached hydrogens (tertiary/aromatic N) is 1. The van der Waals surface area contributed by atoms with Crippen LogP contribution >= 0.6 is 0 Å². The lowest BCUT2D eigenvalue weighted by molar-refractivity contribution is -0.191. The number of allylic oxidation sites excluding steroid dienone is 4. The lowest BCUT2D eigenvalue weighted by atomic mass is 9.48. The number of aliphatic hydroxyl groups is 3. The van der Waals surface area contributed by atoms with Crippen LogP contribution in [0.15, 0.2) is 28.8 Å². The van der Waals surface area contributed by atoms with E-state index < -0.39 is 47.0 Å². The van der Waals surface area contributed by atoms with Gasteiger partial charge in [0.05, 0.1) is 11.8 Å². The molecule has 0 aliphatic heterocycles. The van der Waals surface area contributed by atoms with Crippen molar-refractivity contribution in [3.63, 3.8) is 0 Å². The molecule has 0 bridgehead atoms. The number of halogens is 1. The summed E-state index contributed by atoms with van der Waals surface area (Å²) in [7, 11) is 1.70. The number of aliphatic imine (C=N–C) groups is 1. The second-order valence-electron chi connectivity index (χ2n) is 9.33.